The SMILES string of the molecule is COC(=O)c1cccc(NC(=O)c2ccccc2SC(C)C)c1. The average molecular weight is 329 g/mol. The summed E-state index contributed by atoms with van der Waals surface area (Å²) in [5, 5.41) is 3.21. The molecule has 2 aromatic rings. The molecular formula is C18H19NO3S. The fourth-order valence-corrected chi connectivity index (χ4v) is 3.00. The van der Waals surface area contributed by atoms with Crippen molar-refractivity contribution in [1.29, 1.82) is 0 Å². The Hall–Kier alpha value is -2.27. The molecule has 2 aromatic carbocycles. The van der Waals surface area contributed by atoms with E-state index in [0.717, 1.165) is 4.90 Å². The van der Waals surface area contributed by atoms with E-state index in [0.29, 0.717) is 22.1 Å². The van der Waals surface area contributed by atoms with Gasteiger partial charge in [-0.3, -0.25) is 4.79 Å². The van der Waals surface area contributed by atoms with E-state index in [9.17, 15) is 9.59 Å². The summed E-state index contributed by atoms with van der Waals surface area (Å²) in [6, 6.07) is 14.2. The van der Waals surface area contributed by atoms with Gasteiger partial charge in [0.1, 0.15) is 0 Å². The molecule has 2 rings (SSSR count). The second kappa shape index (κ2) is 7.83. The normalized spacial score (nSPS) is 10.4. The fourth-order valence-electron chi connectivity index (χ4n) is 2.05. The van der Waals surface area contributed by atoms with Crippen molar-refractivity contribution in [3.05, 3.63) is 59.7 Å². The van der Waals surface area contributed by atoms with Crippen LogP contribution in [0.3, 0.4) is 0 Å². The smallest absolute Gasteiger partial charge is 0.337 e. The summed E-state index contributed by atoms with van der Waals surface area (Å²) in [5.74, 6) is -0.632. The average Bonchev–Trinajstić information content (AvgIpc) is 2.54. The lowest BCUT2D eigenvalue weighted by Gasteiger charge is -2.12. The number of esters is 1. The van der Waals surface area contributed by atoms with Crippen LogP contribution in [0.1, 0.15) is 34.6 Å². The monoisotopic (exact) mass is 329 g/mol. The first-order valence-electron chi connectivity index (χ1n) is 7.26. The number of carbonyl (C=O) groups excluding carboxylic acids is 2. The molecule has 0 heterocycles. The van der Waals surface area contributed by atoms with E-state index in [2.05, 4.69) is 23.9 Å². The van der Waals surface area contributed by atoms with Crippen molar-refractivity contribution in [3.8, 4) is 0 Å². The third kappa shape index (κ3) is 4.60. The molecule has 5 heteroatoms. The summed E-state index contributed by atoms with van der Waals surface area (Å²) in [6.45, 7) is 4.17. The topological polar surface area (TPSA) is 55.4 Å². The third-order valence-electron chi connectivity index (χ3n) is 3.04. The molecule has 0 aliphatic rings. The van der Waals surface area contributed by atoms with E-state index in [1.165, 1.54) is 7.11 Å². The molecule has 1 amide bonds. The number of hydrogen-bond acceptors (Lipinski definition) is 4. The second-order valence-corrected chi connectivity index (χ2v) is 6.81. The van der Waals surface area contributed by atoms with Crippen molar-refractivity contribution in [1.82, 2.24) is 0 Å². The van der Waals surface area contributed by atoms with Crippen molar-refractivity contribution >= 4 is 29.3 Å². The van der Waals surface area contributed by atoms with Gasteiger partial charge in [0.05, 0.1) is 18.2 Å². The summed E-state index contributed by atoms with van der Waals surface area (Å²) in [5.41, 5.74) is 1.58. The van der Waals surface area contributed by atoms with Gasteiger partial charge in [-0.05, 0) is 30.3 Å². The van der Waals surface area contributed by atoms with Crippen LogP contribution in [0.25, 0.3) is 0 Å². The maximum Gasteiger partial charge on any atom is 0.337 e. The van der Waals surface area contributed by atoms with Crippen molar-refractivity contribution in [2.75, 3.05) is 12.4 Å². The zero-order chi connectivity index (χ0) is 16.8. The molecule has 0 aliphatic carbocycles. The Labute approximate surface area is 140 Å². The van der Waals surface area contributed by atoms with Crippen molar-refractivity contribution in [3.63, 3.8) is 0 Å². The zero-order valence-corrected chi connectivity index (χ0v) is 14.1. The van der Waals surface area contributed by atoms with Crippen molar-refractivity contribution in [2.24, 2.45) is 0 Å². The van der Waals surface area contributed by atoms with Crippen molar-refractivity contribution < 1.29 is 14.3 Å². The van der Waals surface area contributed by atoms with Gasteiger partial charge in [-0.15, -0.1) is 11.8 Å². The first kappa shape index (κ1) is 17.1. The number of thioether (sulfide) groups is 1. The Morgan fingerprint density at radius 3 is 2.52 bits per heavy atom. The highest BCUT2D eigenvalue weighted by Crippen LogP contribution is 2.27. The fraction of sp³-hybridized carbons (Fsp3) is 0.222. The number of benzene rings is 2. The van der Waals surface area contributed by atoms with Gasteiger partial charge in [0, 0.05) is 15.8 Å². The van der Waals surface area contributed by atoms with Gasteiger partial charge in [-0.25, -0.2) is 4.79 Å². The molecule has 0 radical (unpaired) electrons. The second-order valence-electron chi connectivity index (χ2n) is 5.19. The minimum Gasteiger partial charge on any atom is -0.465 e. The Morgan fingerprint density at radius 2 is 1.83 bits per heavy atom. The van der Waals surface area contributed by atoms with E-state index in [1.807, 2.05) is 18.2 Å². The molecular weight excluding hydrogens is 310 g/mol. The van der Waals surface area contributed by atoms with Crippen LogP contribution in [-0.2, 0) is 4.74 Å². The van der Waals surface area contributed by atoms with E-state index in [-0.39, 0.29) is 5.91 Å². The van der Waals surface area contributed by atoms with Crippen LogP contribution in [0.2, 0.25) is 0 Å². The summed E-state index contributed by atoms with van der Waals surface area (Å²) < 4.78 is 4.69. The highest BCUT2D eigenvalue weighted by atomic mass is 32.2. The van der Waals surface area contributed by atoms with Crippen LogP contribution in [-0.4, -0.2) is 24.2 Å². The predicted molar refractivity (Wildman–Crippen MR) is 93.2 cm³/mol. The molecule has 1 N–H and O–H groups in total. The molecule has 0 atom stereocenters. The lowest BCUT2D eigenvalue weighted by atomic mass is 10.1. The molecule has 120 valence electrons. The van der Waals surface area contributed by atoms with Crippen LogP contribution in [0.4, 0.5) is 5.69 Å². The van der Waals surface area contributed by atoms with Crippen LogP contribution < -0.4 is 5.32 Å². The lowest BCUT2D eigenvalue weighted by Crippen LogP contribution is -2.14. The number of amides is 1. The largest absolute Gasteiger partial charge is 0.465 e. The van der Waals surface area contributed by atoms with Crippen LogP contribution >= 0.6 is 11.8 Å². The van der Waals surface area contributed by atoms with Gasteiger partial charge in [0.15, 0.2) is 0 Å². The molecule has 0 unspecified atom stereocenters. The summed E-state index contributed by atoms with van der Waals surface area (Å²) in [6.07, 6.45) is 0. The van der Waals surface area contributed by atoms with Gasteiger partial charge >= 0.3 is 5.97 Å². The lowest BCUT2D eigenvalue weighted by molar-refractivity contribution is 0.0600. The highest BCUT2D eigenvalue weighted by Gasteiger charge is 2.13. The molecule has 4 nitrogen and oxygen atoms in total. The van der Waals surface area contributed by atoms with E-state index < -0.39 is 5.97 Å². The zero-order valence-electron chi connectivity index (χ0n) is 13.3. The summed E-state index contributed by atoms with van der Waals surface area (Å²) >= 11 is 1.64. The van der Waals surface area contributed by atoms with Gasteiger partial charge in [0.2, 0.25) is 0 Å². The Bertz CT molecular complexity index is 713. The van der Waals surface area contributed by atoms with E-state index in [4.69, 9.17) is 0 Å². The number of anilines is 1. The van der Waals surface area contributed by atoms with Gasteiger partial charge in [-0.2, -0.15) is 0 Å². The Kier molecular flexibility index (Phi) is 5.82. The van der Waals surface area contributed by atoms with E-state index in [1.54, 1.807) is 42.1 Å². The molecule has 0 aliphatic heterocycles. The summed E-state index contributed by atoms with van der Waals surface area (Å²) in [4.78, 5) is 25.0. The molecule has 0 saturated heterocycles. The van der Waals surface area contributed by atoms with Crippen molar-refractivity contribution in [2.45, 2.75) is 24.0 Å². The highest BCUT2D eigenvalue weighted by molar-refractivity contribution is 8.00. The number of ether oxygens (including phenoxy) is 1. The minimum atomic E-state index is -0.433. The molecule has 0 saturated carbocycles. The third-order valence-corrected chi connectivity index (χ3v) is 4.12. The number of methoxy groups -OCH3 is 1. The quantitative estimate of drug-likeness (QED) is 0.659. The maximum atomic E-state index is 12.5. The first-order valence-corrected chi connectivity index (χ1v) is 8.14. The van der Waals surface area contributed by atoms with Crippen LogP contribution in [0.15, 0.2) is 53.4 Å². The van der Waals surface area contributed by atoms with Crippen LogP contribution in [0.5, 0.6) is 0 Å². The van der Waals surface area contributed by atoms with E-state index >= 15 is 0 Å². The first-order chi connectivity index (χ1) is 11.0. The van der Waals surface area contributed by atoms with Crippen LogP contribution in [0, 0.1) is 0 Å². The molecule has 0 spiro atoms. The van der Waals surface area contributed by atoms with Gasteiger partial charge in [-0.1, -0.05) is 32.0 Å². The predicted octanol–water partition coefficient (Wildman–Crippen LogP) is 4.23. The standard InChI is InChI=1S/C18H19NO3S/c1-12(2)23-16-10-5-4-9-15(16)17(20)19-14-8-6-7-13(11-14)18(21)22-3/h4-12H,1-3H3,(H,19,20). The Morgan fingerprint density at radius 1 is 1.09 bits per heavy atom. The number of nitrogens with one attached hydrogen (secondary N) is 1. The van der Waals surface area contributed by atoms with Gasteiger partial charge in [0.25, 0.3) is 5.91 Å². The number of rotatable bonds is 5. The molecule has 0 fully saturated rings. The number of carbonyl (C=O) groups is 2. The summed E-state index contributed by atoms with van der Waals surface area (Å²) in [7, 11) is 1.33. The van der Waals surface area contributed by atoms with Gasteiger partial charge < -0.3 is 10.1 Å². The molecule has 0 aromatic heterocycles. The Balaban J connectivity index is 2.21. The molecule has 0 bridgehead atoms. The minimum absolute atomic E-state index is 0.198. The molecule has 23 heavy (non-hydrogen) atoms. The number of hydrogen-bond donors (Lipinski definition) is 1. The maximum absolute atomic E-state index is 12.5.